The Morgan fingerprint density at radius 3 is 1.77 bits per heavy atom. The molecule has 31 heavy (non-hydrogen) atoms. The number of hydrogen-bond donors (Lipinski definition) is 1. The second-order valence-electron chi connectivity index (χ2n) is 6.92. The van der Waals surface area contributed by atoms with E-state index in [9.17, 15) is 26.3 Å². The zero-order valence-corrected chi connectivity index (χ0v) is 15.7. The molecule has 0 heterocycles. The van der Waals surface area contributed by atoms with Gasteiger partial charge < -0.3 is 5.73 Å². The molecule has 4 aromatic rings. The molecule has 7 heteroatoms. The zero-order chi connectivity index (χ0) is 22.4. The van der Waals surface area contributed by atoms with Gasteiger partial charge in [0, 0.05) is 16.3 Å². The van der Waals surface area contributed by atoms with Crippen molar-refractivity contribution in [3.8, 4) is 11.8 Å². The molecule has 0 unspecified atom stereocenters. The summed E-state index contributed by atoms with van der Waals surface area (Å²) in [6.45, 7) is 0. The van der Waals surface area contributed by atoms with E-state index in [1.807, 2.05) is 0 Å². The van der Waals surface area contributed by atoms with E-state index in [1.165, 1.54) is 18.2 Å². The summed E-state index contributed by atoms with van der Waals surface area (Å²) in [5.41, 5.74) is 5.62. The summed E-state index contributed by atoms with van der Waals surface area (Å²) < 4.78 is 77.9. The summed E-state index contributed by atoms with van der Waals surface area (Å²) in [7, 11) is 0. The van der Waals surface area contributed by atoms with Gasteiger partial charge in [0.2, 0.25) is 0 Å². The molecular formula is C24H13F6N. The van der Waals surface area contributed by atoms with Gasteiger partial charge in [-0.25, -0.2) is 0 Å². The van der Waals surface area contributed by atoms with Crippen LogP contribution in [0.4, 0.5) is 32.0 Å². The lowest BCUT2D eigenvalue weighted by Crippen LogP contribution is -2.05. The average Bonchev–Trinajstić information content (AvgIpc) is 2.72. The third-order valence-electron chi connectivity index (χ3n) is 4.94. The highest BCUT2D eigenvalue weighted by Crippen LogP contribution is 2.38. The summed E-state index contributed by atoms with van der Waals surface area (Å²) in [6.07, 6.45) is -8.97. The molecule has 156 valence electrons. The molecule has 0 amide bonds. The van der Waals surface area contributed by atoms with E-state index in [2.05, 4.69) is 11.8 Å². The van der Waals surface area contributed by atoms with Crippen molar-refractivity contribution in [1.82, 2.24) is 0 Å². The number of benzene rings is 4. The van der Waals surface area contributed by atoms with E-state index in [1.54, 1.807) is 24.3 Å². The molecule has 0 saturated heterocycles. The summed E-state index contributed by atoms with van der Waals surface area (Å²) in [5, 5.41) is 1.88. The Kier molecular flexibility index (Phi) is 4.81. The van der Waals surface area contributed by atoms with E-state index in [0.29, 0.717) is 38.4 Å². The first kappa shape index (κ1) is 20.6. The van der Waals surface area contributed by atoms with Crippen LogP contribution in [0.15, 0.2) is 66.7 Å². The fourth-order valence-electron chi connectivity index (χ4n) is 3.41. The van der Waals surface area contributed by atoms with Gasteiger partial charge in [0.25, 0.3) is 0 Å². The van der Waals surface area contributed by atoms with Crippen molar-refractivity contribution < 1.29 is 26.3 Å². The summed E-state index contributed by atoms with van der Waals surface area (Å²) >= 11 is 0. The number of halogens is 6. The van der Waals surface area contributed by atoms with Gasteiger partial charge in [0.05, 0.1) is 22.4 Å². The number of hydrogen-bond acceptors (Lipinski definition) is 1. The zero-order valence-electron chi connectivity index (χ0n) is 15.7. The number of nitrogen functional groups attached to an aromatic ring is 1. The maximum Gasteiger partial charge on any atom is 0.416 e. The van der Waals surface area contributed by atoms with Crippen LogP contribution in [0.2, 0.25) is 0 Å². The van der Waals surface area contributed by atoms with Crippen molar-refractivity contribution in [3.63, 3.8) is 0 Å². The quantitative estimate of drug-likeness (QED) is 0.138. The highest BCUT2D eigenvalue weighted by atomic mass is 19.4. The van der Waals surface area contributed by atoms with E-state index < -0.39 is 23.5 Å². The third-order valence-corrected chi connectivity index (χ3v) is 4.94. The van der Waals surface area contributed by atoms with E-state index in [0.717, 1.165) is 24.3 Å². The predicted octanol–water partition coefficient (Wildman–Crippen LogP) is 7.01. The molecule has 0 radical (unpaired) electrons. The molecule has 4 aromatic carbocycles. The van der Waals surface area contributed by atoms with Crippen LogP contribution in [-0.4, -0.2) is 0 Å². The lowest BCUT2D eigenvalue weighted by atomic mass is 9.93. The van der Waals surface area contributed by atoms with E-state index in [4.69, 9.17) is 5.73 Å². The minimum absolute atomic E-state index is 0.294. The van der Waals surface area contributed by atoms with Gasteiger partial charge in [-0.3, -0.25) is 0 Å². The standard InChI is InChI=1S/C24H13F6N/c25-23(26,27)15-8-5-14(6-9-15)7-11-20-18-12-10-16(24(28,29)30)13-21(18)17-3-1-2-4-19(17)22(20)31/h1-6,8-10,12-13H,31H2. The smallest absolute Gasteiger partial charge is 0.397 e. The molecule has 1 nitrogen and oxygen atoms in total. The minimum Gasteiger partial charge on any atom is -0.397 e. The molecular weight excluding hydrogens is 416 g/mol. The highest BCUT2D eigenvalue weighted by Gasteiger charge is 2.31. The first-order valence-electron chi connectivity index (χ1n) is 9.06. The number of anilines is 1. The van der Waals surface area contributed by atoms with Crippen LogP contribution in [0.3, 0.4) is 0 Å². The Bertz CT molecular complexity index is 1350. The van der Waals surface area contributed by atoms with Crippen molar-refractivity contribution >= 4 is 27.2 Å². The monoisotopic (exact) mass is 429 g/mol. The first-order chi connectivity index (χ1) is 14.6. The molecule has 0 spiro atoms. The fourth-order valence-corrected chi connectivity index (χ4v) is 3.41. The molecule has 0 bridgehead atoms. The maximum atomic E-state index is 13.2. The minimum atomic E-state index is -4.51. The fraction of sp³-hybridized carbons (Fsp3) is 0.0833. The molecule has 0 fully saturated rings. The maximum absolute atomic E-state index is 13.2. The number of nitrogens with two attached hydrogens (primary N) is 1. The first-order valence-corrected chi connectivity index (χ1v) is 9.06. The highest BCUT2D eigenvalue weighted by molar-refractivity contribution is 6.15. The number of fused-ring (bicyclic) bond motifs is 3. The Morgan fingerprint density at radius 1 is 0.581 bits per heavy atom. The topological polar surface area (TPSA) is 26.0 Å². The molecule has 0 atom stereocenters. The summed E-state index contributed by atoms with van der Waals surface area (Å²) in [4.78, 5) is 0. The normalized spacial score (nSPS) is 12.1. The lowest BCUT2D eigenvalue weighted by molar-refractivity contribution is -0.138. The van der Waals surface area contributed by atoms with Crippen LogP contribution in [-0.2, 0) is 12.4 Å². The molecule has 2 N–H and O–H groups in total. The van der Waals surface area contributed by atoms with E-state index >= 15 is 0 Å². The Balaban J connectivity index is 1.92. The van der Waals surface area contributed by atoms with Crippen molar-refractivity contribution in [1.29, 1.82) is 0 Å². The van der Waals surface area contributed by atoms with Crippen LogP contribution in [0.25, 0.3) is 21.5 Å². The largest absolute Gasteiger partial charge is 0.416 e. The van der Waals surface area contributed by atoms with Crippen LogP contribution < -0.4 is 5.73 Å². The van der Waals surface area contributed by atoms with Gasteiger partial charge in [-0.1, -0.05) is 42.2 Å². The third kappa shape index (κ3) is 3.89. The SMILES string of the molecule is Nc1c(C#Cc2ccc(C(F)(F)F)cc2)c2ccc(C(F)(F)F)cc2c2ccccc12. The average molecular weight is 429 g/mol. The Labute approximate surface area is 173 Å². The predicted molar refractivity (Wildman–Crippen MR) is 108 cm³/mol. The van der Waals surface area contributed by atoms with Crippen molar-refractivity contribution in [2.45, 2.75) is 12.4 Å². The van der Waals surface area contributed by atoms with Crippen LogP contribution in [0.5, 0.6) is 0 Å². The van der Waals surface area contributed by atoms with Crippen molar-refractivity contribution in [2.75, 3.05) is 5.73 Å². The van der Waals surface area contributed by atoms with Gasteiger partial charge in [-0.15, -0.1) is 0 Å². The molecule has 0 saturated carbocycles. The molecule has 0 aliphatic rings. The molecule has 0 aromatic heterocycles. The second-order valence-corrected chi connectivity index (χ2v) is 6.92. The van der Waals surface area contributed by atoms with Gasteiger partial charge in [0.15, 0.2) is 0 Å². The van der Waals surface area contributed by atoms with Gasteiger partial charge in [-0.2, -0.15) is 26.3 Å². The van der Waals surface area contributed by atoms with Gasteiger partial charge >= 0.3 is 12.4 Å². The van der Waals surface area contributed by atoms with Gasteiger partial charge in [0.1, 0.15) is 0 Å². The van der Waals surface area contributed by atoms with E-state index in [-0.39, 0.29) is 0 Å². The second kappa shape index (κ2) is 7.24. The van der Waals surface area contributed by atoms with Crippen molar-refractivity contribution in [3.05, 3.63) is 89.0 Å². The lowest BCUT2D eigenvalue weighted by Gasteiger charge is -2.13. The molecule has 0 aliphatic heterocycles. The van der Waals surface area contributed by atoms with Crippen LogP contribution in [0, 0.1) is 11.8 Å². The Morgan fingerprint density at radius 2 is 1.16 bits per heavy atom. The van der Waals surface area contributed by atoms with Crippen LogP contribution >= 0.6 is 0 Å². The number of alkyl halides is 6. The van der Waals surface area contributed by atoms with Crippen LogP contribution in [0.1, 0.15) is 22.3 Å². The number of rotatable bonds is 0. The molecule has 4 rings (SSSR count). The van der Waals surface area contributed by atoms with Crippen molar-refractivity contribution in [2.24, 2.45) is 0 Å². The summed E-state index contributed by atoms with van der Waals surface area (Å²) in [5.74, 6) is 5.61. The van der Waals surface area contributed by atoms with Gasteiger partial charge in [-0.05, 0) is 47.2 Å². The molecule has 0 aliphatic carbocycles. The Hall–Kier alpha value is -3.66. The summed E-state index contributed by atoms with van der Waals surface area (Å²) in [6, 6.07) is 14.4.